The van der Waals surface area contributed by atoms with Gasteiger partial charge < -0.3 is 19.3 Å². The number of hydrogen-bond acceptors (Lipinski definition) is 4. The van der Waals surface area contributed by atoms with Gasteiger partial charge in [-0.05, 0) is 67.1 Å². The molecule has 172 valence electrons. The number of methoxy groups -OCH3 is 1. The lowest BCUT2D eigenvalue weighted by atomic mass is 10.1. The van der Waals surface area contributed by atoms with Crippen molar-refractivity contribution >= 4 is 28.3 Å². The second-order valence-electron chi connectivity index (χ2n) is 7.81. The number of rotatable bonds is 6. The number of aryl methyl sites for hydroxylation is 1. The quantitative estimate of drug-likeness (QED) is 0.589. The van der Waals surface area contributed by atoms with Crippen LogP contribution >= 0.6 is 0 Å². The van der Waals surface area contributed by atoms with E-state index < -0.39 is 11.0 Å². The first kappa shape index (κ1) is 22.8. The monoisotopic (exact) mass is 467 g/mol. The highest BCUT2D eigenvalue weighted by molar-refractivity contribution is 7.86. The number of ether oxygens (including phenoxy) is 1. The van der Waals surface area contributed by atoms with Crippen LogP contribution in [0.5, 0.6) is 5.75 Å². The standard InChI is InChI=1S/C25H26FN3O3S/c1-18-17-20(26)9-12-24(18)33(31)27-21-10-7-19(8-11-21)25(30)29-15-13-28(14-16-29)22-5-3-4-6-23(22)32-2/h3-12,17,27H,13-16H2,1-2H3. The number of carbonyl (C=O) groups excluding carboxylic acids is 1. The molecule has 1 saturated heterocycles. The number of nitrogens with one attached hydrogen (secondary N) is 1. The Morgan fingerprint density at radius 3 is 2.36 bits per heavy atom. The molecular weight excluding hydrogens is 441 g/mol. The molecule has 1 amide bonds. The number of benzene rings is 3. The Bertz CT molecular complexity index is 1160. The topological polar surface area (TPSA) is 61.9 Å². The number of carbonyl (C=O) groups is 1. The molecule has 8 heteroatoms. The molecule has 1 unspecified atom stereocenters. The van der Waals surface area contributed by atoms with E-state index in [2.05, 4.69) is 9.62 Å². The second kappa shape index (κ2) is 10.0. The molecule has 1 fully saturated rings. The fourth-order valence-electron chi connectivity index (χ4n) is 3.89. The molecule has 0 spiro atoms. The zero-order valence-electron chi connectivity index (χ0n) is 18.6. The number of amides is 1. The first-order valence-electron chi connectivity index (χ1n) is 10.7. The molecule has 0 bridgehead atoms. The molecular formula is C25H26FN3O3S. The highest BCUT2D eigenvalue weighted by Crippen LogP contribution is 2.28. The normalized spacial score (nSPS) is 14.6. The van der Waals surface area contributed by atoms with E-state index in [4.69, 9.17) is 4.74 Å². The Balaban J connectivity index is 1.36. The van der Waals surface area contributed by atoms with Gasteiger partial charge in [0.15, 0.2) is 11.0 Å². The lowest BCUT2D eigenvalue weighted by Gasteiger charge is -2.36. The summed E-state index contributed by atoms with van der Waals surface area (Å²) < 4.78 is 34.2. The first-order valence-corrected chi connectivity index (χ1v) is 11.8. The predicted octanol–water partition coefficient (Wildman–Crippen LogP) is 4.24. The third kappa shape index (κ3) is 5.17. The average molecular weight is 468 g/mol. The molecule has 1 aliphatic heterocycles. The third-order valence-electron chi connectivity index (χ3n) is 5.67. The van der Waals surface area contributed by atoms with Crippen molar-refractivity contribution in [1.82, 2.24) is 4.90 Å². The number of anilines is 2. The Labute approximate surface area is 195 Å². The van der Waals surface area contributed by atoms with Gasteiger partial charge in [-0.3, -0.25) is 4.79 Å². The van der Waals surface area contributed by atoms with Crippen molar-refractivity contribution in [2.45, 2.75) is 11.8 Å². The van der Waals surface area contributed by atoms with Crippen molar-refractivity contribution in [2.24, 2.45) is 0 Å². The van der Waals surface area contributed by atoms with Crippen LogP contribution in [0.2, 0.25) is 0 Å². The van der Waals surface area contributed by atoms with E-state index in [1.807, 2.05) is 29.2 Å². The van der Waals surface area contributed by atoms with Crippen molar-refractivity contribution in [3.63, 3.8) is 0 Å². The largest absolute Gasteiger partial charge is 0.495 e. The molecule has 0 radical (unpaired) electrons. The van der Waals surface area contributed by atoms with E-state index in [0.717, 1.165) is 24.5 Å². The van der Waals surface area contributed by atoms with E-state index in [-0.39, 0.29) is 11.7 Å². The van der Waals surface area contributed by atoms with E-state index in [9.17, 15) is 13.4 Å². The highest BCUT2D eigenvalue weighted by atomic mass is 32.2. The first-order chi connectivity index (χ1) is 16.0. The summed E-state index contributed by atoms with van der Waals surface area (Å²) in [5.74, 6) is 0.435. The summed E-state index contributed by atoms with van der Waals surface area (Å²) in [4.78, 5) is 17.5. The minimum Gasteiger partial charge on any atom is -0.495 e. The van der Waals surface area contributed by atoms with E-state index in [1.165, 1.54) is 18.2 Å². The highest BCUT2D eigenvalue weighted by Gasteiger charge is 2.23. The van der Waals surface area contributed by atoms with Crippen LogP contribution in [0.4, 0.5) is 15.8 Å². The zero-order chi connectivity index (χ0) is 23.4. The third-order valence-corrected chi connectivity index (χ3v) is 6.95. The van der Waals surface area contributed by atoms with Gasteiger partial charge >= 0.3 is 0 Å². The van der Waals surface area contributed by atoms with Crippen molar-refractivity contribution in [2.75, 3.05) is 42.9 Å². The average Bonchev–Trinajstić information content (AvgIpc) is 2.84. The van der Waals surface area contributed by atoms with Gasteiger partial charge in [0.1, 0.15) is 11.6 Å². The van der Waals surface area contributed by atoms with Gasteiger partial charge in [0, 0.05) is 37.4 Å². The lowest BCUT2D eigenvalue weighted by molar-refractivity contribution is 0.0746. The summed E-state index contributed by atoms with van der Waals surface area (Å²) in [5, 5.41) is 0. The summed E-state index contributed by atoms with van der Waals surface area (Å²) in [7, 11) is 0.131. The molecule has 3 aromatic carbocycles. The molecule has 1 atom stereocenters. The molecule has 1 N–H and O–H groups in total. The summed E-state index contributed by atoms with van der Waals surface area (Å²) in [6, 6.07) is 19.0. The Morgan fingerprint density at radius 2 is 1.70 bits per heavy atom. The minimum absolute atomic E-state index is 0.0308. The van der Waals surface area contributed by atoms with Crippen LogP contribution in [-0.2, 0) is 11.0 Å². The molecule has 3 aromatic rings. The van der Waals surface area contributed by atoms with Crippen LogP contribution < -0.4 is 14.4 Å². The van der Waals surface area contributed by atoms with Gasteiger partial charge in [-0.2, -0.15) is 0 Å². The van der Waals surface area contributed by atoms with Crippen LogP contribution in [0.15, 0.2) is 71.6 Å². The second-order valence-corrected chi connectivity index (χ2v) is 8.99. The van der Waals surface area contributed by atoms with E-state index in [0.29, 0.717) is 34.8 Å². The van der Waals surface area contributed by atoms with Crippen molar-refractivity contribution in [3.05, 3.63) is 83.7 Å². The number of nitrogens with zero attached hydrogens (tertiary/aromatic N) is 2. The van der Waals surface area contributed by atoms with Gasteiger partial charge in [-0.1, -0.05) is 12.1 Å². The molecule has 1 heterocycles. The number of halogens is 1. The van der Waals surface area contributed by atoms with Gasteiger partial charge in [-0.25, -0.2) is 8.60 Å². The van der Waals surface area contributed by atoms with Gasteiger partial charge in [0.25, 0.3) is 5.91 Å². The van der Waals surface area contributed by atoms with Gasteiger partial charge in [0.2, 0.25) is 0 Å². The van der Waals surface area contributed by atoms with Crippen LogP contribution in [0.25, 0.3) is 0 Å². The van der Waals surface area contributed by atoms with E-state index >= 15 is 0 Å². The smallest absolute Gasteiger partial charge is 0.253 e. The van der Waals surface area contributed by atoms with Crippen LogP contribution in [0.1, 0.15) is 15.9 Å². The maximum atomic E-state index is 13.3. The number of hydrogen-bond donors (Lipinski definition) is 1. The molecule has 0 aromatic heterocycles. The van der Waals surface area contributed by atoms with Gasteiger partial charge in [0.05, 0.1) is 17.7 Å². The number of para-hydroxylation sites is 2. The van der Waals surface area contributed by atoms with E-state index in [1.54, 1.807) is 38.3 Å². The summed E-state index contributed by atoms with van der Waals surface area (Å²) in [5.41, 5.74) is 2.84. The fraction of sp³-hybridized carbons (Fsp3) is 0.240. The van der Waals surface area contributed by atoms with Crippen molar-refractivity contribution < 1.29 is 18.1 Å². The van der Waals surface area contributed by atoms with Crippen LogP contribution in [0.3, 0.4) is 0 Å². The van der Waals surface area contributed by atoms with Crippen LogP contribution in [-0.4, -0.2) is 48.3 Å². The predicted molar refractivity (Wildman–Crippen MR) is 129 cm³/mol. The maximum Gasteiger partial charge on any atom is 0.253 e. The SMILES string of the molecule is COc1ccccc1N1CCN(C(=O)c2ccc(NS(=O)c3ccc(F)cc3C)cc2)CC1. The Kier molecular flexibility index (Phi) is 6.93. The molecule has 0 aliphatic carbocycles. The van der Waals surface area contributed by atoms with Crippen molar-refractivity contribution in [1.29, 1.82) is 0 Å². The molecule has 6 nitrogen and oxygen atoms in total. The van der Waals surface area contributed by atoms with Crippen molar-refractivity contribution in [3.8, 4) is 5.75 Å². The molecule has 0 saturated carbocycles. The van der Waals surface area contributed by atoms with Crippen LogP contribution in [0, 0.1) is 12.7 Å². The molecule has 33 heavy (non-hydrogen) atoms. The zero-order valence-corrected chi connectivity index (χ0v) is 19.4. The molecule has 1 aliphatic rings. The summed E-state index contributed by atoms with van der Waals surface area (Å²) >= 11 is 0. The summed E-state index contributed by atoms with van der Waals surface area (Å²) in [6.45, 7) is 4.40. The maximum absolute atomic E-state index is 13.3. The fourth-order valence-corrected chi connectivity index (χ4v) is 4.89. The number of piperazine rings is 1. The Morgan fingerprint density at radius 1 is 1.00 bits per heavy atom. The summed E-state index contributed by atoms with van der Waals surface area (Å²) in [6.07, 6.45) is 0. The Hall–Kier alpha value is -3.39. The minimum atomic E-state index is -1.53. The van der Waals surface area contributed by atoms with Gasteiger partial charge in [-0.15, -0.1) is 0 Å². The molecule has 4 rings (SSSR count). The lowest BCUT2D eigenvalue weighted by Crippen LogP contribution is -2.48.